The number of rotatable bonds is 4. The molecule has 0 saturated heterocycles. The number of hydrogen-bond acceptors (Lipinski definition) is 1. The zero-order valence-corrected chi connectivity index (χ0v) is 8.28. The third kappa shape index (κ3) is 1.80. The summed E-state index contributed by atoms with van der Waals surface area (Å²) < 4.78 is 0. The van der Waals surface area contributed by atoms with Gasteiger partial charge in [0.15, 0.2) is 0 Å². The van der Waals surface area contributed by atoms with Gasteiger partial charge < -0.3 is 5.11 Å². The lowest BCUT2D eigenvalue weighted by Gasteiger charge is -2.49. The van der Waals surface area contributed by atoms with Gasteiger partial charge in [0.05, 0.1) is 6.10 Å². The highest BCUT2D eigenvalue weighted by Gasteiger charge is 2.44. The molecule has 3 rings (SSSR count). The van der Waals surface area contributed by atoms with E-state index < -0.39 is 0 Å². The van der Waals surface area contributed by atoms with Crippen molar-refractivity contribution in [2.24, 2.45) is 17.8 Å². The lowest BCUT2D eigenvalue weighted by Crippen LogP contribution is -2.45. The Labute approximate surface area is 80.8 Å². The lowest BCUT2D eigenvalue weighted by molar-refractivity contribution is -0.0647. The summed E-state index contributed by atoms with van der Waals surface area (Å²) in [6, 6.07) is 0. The summed E-state index contributed by atoms with van der Waals surface area (Å²) in [5.41, 5.74) is 0. The minimum absolute atomic E-state index is 0.0160. The average molecular weight is 180 g/mol. The van der Waals surface area contributed by atoms with E-state index in [4.69, 9.17) is 0 Å². The molecule has 1 N–H and O–H groups in total. The molecule has 13 heavy (non-hydrogen) atoms. The van der Waals surface area contributed by atoms with Gasteiger partial charge in [0.2, 0.25) is 0 Å². The minimum atomic E-state index is 0.0160. The molecular weight excluding hydrogens is 160 g/mol. The fourth-order valence-electron chi connectivity index (χ4n) is 3.09. The summed E-state index contributed by atoms with van der Waals surface area (Å²) in [6.45, 7) is 3.73. The number of unbranched alkanes of at least 4 members (excludes halogenated alkanes) is 1. The first-order chi connectivity index (χ1) is 6.31. The number of hydrogen-bond donors (Lipinski definition) is 1. The third-order valence-electron chi connectivity index (χ3n) is 3.89. The molecule has 74 valence electrons. The van der Waals surface area contributed by atoms with Crippen molar-refractivity contribution in [3.63, 3.8) is 0 Å². The Morgan fingerprint density at radius 1 is 1.31 bits per heavy atom. The van der Waals surface area contributed by atoms with Crippen molar-refractivity contribution in [1.29, 1.82) is 0 Å². The molecule has 0 spiro atoms. The quantitative estimate of drug-likeness (QED) is 0.521. The molecule has 0 amide bonds. The van der Waals surface area contributed by atoms with Gasteiger partial charge in [-0.1, -0.05) is 6.08 Å². The molecule has 0 unspecified atom stereocenters. The molecular formula is C12H20O. The van der Waals surface area contributed by atoms with Crippen LogP contribution in [0.2, 0.25) is 0 Å². The first-order valence-corrected chi connectivity index (χ1v) is 5.60. The monoisotopic (exact) mass is 180 g/mol. The van der Waals surface area contributed by atoms with Crippen LogP contribution in [-0.2, 0) is 0 Å². The highest BCUT2D eigenvalue weighted by atomic mass is 16.3. The van der Waals surface area contributed by atoms with Crippen LogP contribution in [0.25, 0.3) is 0 Å². The molecule has 1 heteroatoms. The van der Waals surface area contributed by atoms with Crippen LogP contribution in [-0.4, -0.2) is 11.2 Å². The van der Waals surface area contributed by atoms with Gasteiger partial charge in [-0.3, -0.25) is 0 Å². The molecule has 0 aromatic heterocycles. The Balaban J connectivity index is 1.78. The molecule has 3 saturated carbocycles. The smallest absolute Gasteiger partial charge is 0.0573 e. The van der Waals surface area contributed by atoms with Crippen molar-refractivity contribution in [3.05, 3.63) is 12.7 Å². The standard InChI is InChI=1S/C12H20O/c1-2-3-4-5-11-10-6-9(7-10)8-12(11)13/h2,9-13H,1,3-8H2/t9?,10?,11-,12-/m1/s1. The zero-order valence-electron chi connectivity index (χ0n) is 8.28. The van der Waals surface area contributed by atoms with E-state index in [0.717, 1.165) is 24.7 Å². The van der Waals surface area contributed by atoms with Gasteiger partial charge in [0, 0.05) is 0 Å². The Bertz CT molecular complexity index is 180. The van der Waals surface area contributed by atoms with Gasteiger partial charge in [-0.15, -0.1) is 6.58 Å². The molecule has 0 aromatic rings. The molecule has 1 nitrogen and oxygen atoms in total. The highest BCUT2D eigenvalue weighted by molar-refractivity contribution is 4.95. The van der Waals surface area contributed by atoms with Gasteiger partial charge in [-0.2, -0.15) is 0 Å². The van der Waals surface area contributed by atoms with Crippen LogP contribution in [0.3, 0.4) is 0 Å². The number of aliphatic hydroxyl groups excluding tert-OH is 1. The van der Waals surface area contributed by atoms with E-state index in [2.05, 4.69) is 6.58 Å². The summed E-state index contributed by atoms with van der Waals surface area (Å²) in [6.07, 6.45) is 9.41. The first-order valence-electron chi connectivity index (χ1n) is 5.60. The van der Waals surface area contributed by atoms with Crippen LogP contribution in [0.5, 0.6) is 0 Å². The third-order valence-corrected chi connectivity index (χ3v) is 3.89. The first kappa shape index (κ1) is 9.26. The fraction of sp³-hybridized carbons (Fsp3) is 0.833. The van der Waals surface area contributed by atoms with E-state index >= 15 is 0 Å². The number of allylic oxidation sites excluding steroid dienone is 1. The maximum Gasteiger partial charge on any atom is 0.0573 e. The van der Waals surface area contributed by atoms with Gasteiger partial charge in [-0.25, -0.2) is 0 Å². The van der Waals surface area contributed by atoms with E-state index in [1.165, 1.54) is 25.7 Å². The Morgan fingerprint density at radius 2 is 2.08 bits per heavy atom. The summed E-state index contributed by atoms with van der Waals surface area (Å²) >= 11 is 0. The molecule has 0 radical (unpaired) electrons. The summed E-state index contributed by atoms with van der Waals surface area (Å²) in [4.78, 5) is 0. The van der Waals surface area contributed by atoms with Crippen molar-refractivity contribution >= 4 is 0 Å². The molecule has 0 aliphatic heterocycles. The second-order valence-electron chi connectivity index (χ2n) is 4.78. The zero-order chi connectivity index (χ0) is 9.26. The molecule has 3 fully saturated rings. The van der Waals surface area contributed by atoms with Gasteiger partial charge in [0.1, 0.15) is 0 Å². The molecule has 0 heterocycles. The number of aliphatic hydroxyl groups is 1. The van der Waals surface area contributed by atoms with E-state index in [1.807, 2.05) is 6.08 Å². The van der Waals surface area contributed by atoms with E-state index in [0.29, 0.717) is 5.92 Å². The maximum atomic E-state index is 9.84. The van der Waals surface area contributed by atoms with Gasteiger partial charge >= 0.3 is 0 Å². The van der Waals surface area contributed by atoms with Crippen molar-refractivity contribution in [1.82, 2.24) is 0 Å². The predicted octanol–water partition coefficient (Wildman–Crippen LogP) is 2.75. The van der Waals surface area contributed by atoms with E-state index in [9.17, 15) is 5.11 Å². The van der Waals surface area contributed by atoms with E-state index in [1.54, 1.807) is 0 Å². The molecule has 3 aliphatic carbocycles. The molecule has 3 aliphatic rings. The molecule has 2 atom stereocenters. The summed E-state index contributed by atoms with van der Waals surface area (Å²) in [5, 5.41) is 9.84. The largest absolute Gasteiger partial charge is 0.393 e. The highest BCUT2D eigenvalue weighted by Crippen LogP contribution is 2.50. The molecule has 2 bridgehead atoms. The van der Waals surface area contributed by atoms with Crippen LogP contribution in [0.15, 0.2) is 12.7 Å². The normalized spacial score (nSPS) is 42.5. The topological polar surface area (TPSA) is 20.2 Å². The molecule has 0 aromatic carbocycles. The van der Waals surface area contributed by atoms with Crippen LogP contribution in [0, 0.1) is 17.8 Å². The Morgan fingerprint density at radius 3 is 2.69 bits per heavy atom. The van der Waals surface area contributed by atoms with Crippen molar-refractivity contribution in [3.8, 4) is 0 Å². The summed E-state index contributed by atoms with van der Waals surface area (Å²) in [5.74, 6) is 2.35. The maximum absolute atomic E-state index is 9.84. The average Bonchev–Trinajstić information content (AvgIpc) is 2.05. The van der Waals surface area contributed by atoms with Crippen LogP contribution in [0.1, 0.15) is 38.5 Å². The second-order valence-corrected chi connectivity index (χ2v) is 4.78. The summed E-state index contributed by atoms with van der Waals surface area (Å²) in [7, 11) is 0. The lowest BCUT2D eigenvalue weighted by atomic mass is 9.58. The van der Waals surface area contributed by atoms with Crippen LogP contribution in [0.4, 0.5) is 0 Å². The Kier molecular flexibility index (Phi) is 2.73. The number of fused-ring (bicyclic) bond motifs is 2. The van der Waals surface area contributed by atoms with Crippen molar-refractivity contribution in [2.45, 2.75) is 44.6 Å². The second kappa shape index (κ2) is 3.83. The van der Waals surface area contributed by atoms with Crippen LogP contribution >= 0.6 is 0 Å². The Hall–Kier alpha value is -0.300. The van der Waals surface area contributed by atoms with Crippen LogP contribution < -0.4 is 0 Å². The van der Waals surface area contributed by atoms with E-state index in [-0.39, 0.29) is 6.10 Å². The fourth-order valence-corrected chi connectivity index (χ4v) is 3.09. The SMILES string of the molecule is C=CCCC[C@@H]1C2CC(C2)C[C@H]1O. The van der Waals surface area contributed by atoms with Gasteiger partial charge in [0.25, 0.3) is 0 Å². The predicted molar refractivity (Wildman–Crippen MR) is 54.4 cm³/mol. The van der Waals surface area contributed by atoms with Crippen molar-refractivity contribution < 1.29 is 5.11 Å². The minimum Gasteiger partial charge on any atom is -0.393 e. The van der Waals surface area contributed by atoms with Gasteiger partial charge in [-0.05, 0) is 56.3 Å². The van der Waals surface area contributed by atoms with Crippen molar-refractivity contribution in [2.75, 3.05) is 0 Å².